The number of aryl methyl sites for hydroxylation is 1. The van der Waals surface area contributed by atoms with Crippen LogP contribution >= 0.6 is 0 Å². The fourth-order valence-corrected chi connectivity index (χ4v) is 2.70. The zero-order valence-electron chi connectivity index (χ0n) is 14.8. The molecule has 8 nitrogen and oxygen atoms in total. The van der Waals surface area contributed by atoms with Crippen LogP contribution in [0.25, 0.3) is 0 Å². The lowest BCUT2D eigenvalue weighted by Gasteiger charge is -2.34. The molecule has 2 amide bonds. The van der Waals surface area contributed by atoms with Crippen LogP contribution in [0.2, 0.25) is 0 Å². The van der Waals surface area contributed by atoms with E-state index in [1.165, 1.54) is 0 Å². The number of aromatic nitrogens is 2. The summed E-state index contributed by atoms with van der Waals surface area (Å²) < 4.78 is 16.4. The number of carbonyl (C=O) groups excluding carboxylic acids is 1. The monoisotopic (exact) mass is 348 g/mol. The van der Waals surface area contributed by atoms with Crippen LogP contribution < -0.4 is 5.32 Å². The lowest BCUT2D eigenvalue weighted by molar-refractivity contribution is 0.00411. The van der Waals surface area contributed by atoms with E-state index in [4.69, 9.17) is 13.7 Å². The minimum Gasteiger partial charge on any atom is -0.464 e. The van der Waals surface area contributed by atoms with E-state index in [0.717, 1.165) is 11.5 Å². The van der Waals surface area contributed by atoms with Crippen molar-refractivity contribution in [2.75, 3.05) is 26.3 Å². The Morgan fingerprint density at radius 3 is 2.96 bits per heavy atom. The molecule has 1 saturated heterocycles. The summed E-state index contributed by atoms with van der Waals surface area (Å²) in [7, 11) is 0. The second-order valence-corrected chi connectivity index (χ2v) is 6.42. The molecule has 8 heteroatoms. The number of rotatable bonds is 5. The number of ether oxygens (including phenoxy) is 1. The van der Waals surface area contributed by atoms with Crippen LogP contribution in [0.1, 0.15) is 49.0 Å². The van der Waals surface area contributed by atoms with Crippen LogP contribution in [0.4, 0.5) is 4.79 Å². The summed E-state index contributed by atoms with van der Waals surface area (Å²) in [6.07, 6.45) is 0.500. The average Bonchev–Trinajstić information content (AvgIpc) is 3.24. The van der Waals surface area contributed by atoms with Crippen LogP contribution in [0, 0.1) is 6.92 Å². The van der Waals surface area contributed by atoms with Crippen molar-refractivity contribution in [3.05, 3.63) is 35.4 Å². The van der Waals surface area contributed by atoms with Crippen LogP contribution in [0.5, 0.6) is 0 Å². The van der Waals surface area contributed by atoms with Crippen molar-refractivity contribution >= 4 is 6.03 Å². The predicted molar refractivity (Wildman–Crippen MR) is 89.2 cm³/mol. The Hall–Kier alpha value is -2.35. The molecular weight excluding hydrogens is 324 g/mol. The van der Waals surface area contributed by atoms with E-state index in [1.54, 1.807) is 4.90 Å². The molecule has 0 spiro atoms. The van der Waals surface area contributed by atoms with Gasteiger partial charge in [0.2, 0.25) is 5.89 Å². The maximum Gasteiger partial charge on any atom is 0.318 e. The molecule has 1 unspecified atom stereocenters. The van der Waals surface area contributed by atoms with Crippen molar-refractivity contribution in [1.29, 1.82) is 0 Å². The number of amides is 2. The highest BCUT2D eigenvalue weighted by atomic mass is 16.5. The second-order valence-electron chi connectivity index (χ2n) is 6.42. The zero-order chi connectivity index (χ0) is 17.8. The van der Waals surface area contributed by atoms with Crippen molar-refractivity contribution < 1.29 is 18.5 Å². The van der Waals surface area contributed by atoms with Gasteiger partial charge in [0.25, 0.3) is 0 Å². The third-order valence-electron chi connectivity index (χ3n) is 4.09. The van der Waals surface area contributed by atoms with Gasteiger partial charge < -0.3 is 23.9 Å². The molecule has 0 radical (unpaired) electrons. The van der Waals surface area contributed by atoms with E-state index >= 15 is 0 Å². The molecule has 0 saturated carbocycles. The summed E-state index contributed by atoms with van der Waals surface area (Å²) in [6.45, 7) is 7.80. The largest absolute Gasteiger partial charge is 0.464 e. The fourth-order valence-electron chi connectivity index (χ4n) is 2.70. The molecule has 25 heavy (non-hydrogen) atoms. The van der Waals surface area contributed by atoms with Crippen LogP contribution in [-0.4, -0.2) is 47.4 Å². The Bertz CT molecular complexity index is 709. The Balaban J connectivity index is 1.55. The van der Waals surface area contributed by atoms with Crippen molar-refractivity contribution in [2.45, 2.75) is 39.2 Å². The molecule has 0 aromatic carbocycles. The third-order valence-corrected chi connectivity index (χ3v) is 4.09. The molecule has 1 atom stereocenters. The highest BCUT2D eigenvalue weighted by Crippen LogP contribution is 2.25. The fraction of sp³-hybridized carbons (Fsp3) is 0.588. The molecule has 1 fully saturated rings. The van der Waals surface area contributed by atoms with E-state index in [1.807, 2.05) is 32.9 Å². The molecule has 2 aromatic rings. The number of furan rings is 1. The molecule has 1 aliphatic heterocycles. The maximum absolute atomic E-state index is 12.5. The quantitative estimate of drug-likeness (QED) is 0.892. The maximum atomic E-state index is 12.5. The Morgan fingerprint density at radius 2 is 2.28 bits per heavy atom. The van der Waals surface area contributed by atoms with E-state index in [0.29, 0.717) is 44.4 Å². The number of carbonyl (C=O) groups is 1. The summed E-state index contributed by atoms with van der Waals surface area (Å²) in [6, 6.07) is 3.42. The van der Waals surface area contributed by atoms with Gasteiger partial charge in [-0.2, -0.15) is 4.98 Å². The summed E-state index contributed by atoms with van der Waals surface area (Å²) in [4.78, 5) is 18.6. The highest BCUT2D eigenvalue weighted by Gasteiger charge is 2.30. The van der Waals surface area contributed by atoms with Gasteiger partial charge in [-0.1, -0.05) is 19.0 Å². The van der Waals surface area contributed by atoms with Gasteiger partial charge in [0.1, 0.15) is 17.6 Å². The Morgan fingerprint density at radius 1 is 1.44 bits per heavy atom. The third kappa shape index (κ3) is 4.19. The highest BCUT2D eigenvalue weighted by molar-refractivity contribution is 5.74. The van der Waals surface area contributed by atoms with Gasteiger partial charge >= 0.3 is 6.03 Å². The topological polar surface area (TPSA) is 93.6 Å². The molecule has 3 rings (SSSR count). The van der Waals surface area contributed by atoms with Crippen molar-refractivity contribution in [2.24, 2.45) is 0 Å². The minimum absolute atomic E-state index is 0.147. The number of nitrogens with zero attached hydrogens (tertiary/aromatic N) is 3. The van der Waals surface area contributed by atoms with Gasteiger partial charge in [0, 0.05) is 25.4 Å². The van der Waals surface area contributed by atoms with E-state index < -0.39 is 0 Å². The summed E-state index contributed by atoms with van der Waals surface area (Å²) in [5.41, 5.74) is 0. The first kappa shape index (κ1) is 17.5. The van der Waals surface area contributed by atoms with Gasteiger partial charge in [-0.25, -0.2) is 4.79 Å². The molecule has 0 aliphatic carbocycles. The van der Waals surface area contributed by atoms with Gasteiger partial charge in [-0.15, -0.1) is 0 Å². The summed E-state index contributed by atoms with van der Waals surface area (Å²) in [5, 5.41) is 6.83. The molecule has 1 N–H and O–H groups in total. The van der Waals surface area contributed by atoms with Gasteiger partial charge in [0.05, 0.1) is 13.2 Å². The normalized spacial score (nSPS) is 17.9. The van der Waals surface area contributed by atoms with Crippen molar-refractivity contribution in [1.82, 2.24) is 20.4 Å². The lowest BCUT2D eigenvalue weighted by Crippen LogP contribution is -2.48. The number of nitrogens with one attached hydrogen (secondary N) is 1. The molecule has 0 bridgehead atoms. The lowest BCUT2D eigenvalue weighted by atomic mass is 10.2. The number of hydrogen-bond acceptors (Lipinski definition) is 6. The van der Waals surface area contributed by atoms with Gasteiger partial charge in [0.15, 0.2) is 5.82 Å². The Labute approximate surface area is 146 Å². The molecule has 2 aromatic heterocycles. The van der Waals surface area contributed by atoms with Crippen LogP contribution in [-0.2, 0) is 11.2 Å². The van der Waals surface area contributed by atoms with Gasteiger partial charge in [-0.3, -0.25) is 0 Å². The molecule has 3 heterocycles. The smallest absolute Gasteiger partial charge is 0.318 e. The van der Waals surface area contributed by atoms with Crippen LogP contribution in [0.15, 0.2) is 21.1 Å². The Kier molecular flexibility index (Phi) is 5.37. The molecule has 1 aliphatic rings. The van der Waals surface area contributed by atoms with E-state index in [2.05, 4.69) is 15.5 Å². The van der Waals surface area contributed by atoms with Gasteiger partial charge in [-0.05, 0) is 19.1 Å². The predicted octanol–water partition coefficient (Wildman–Crippen LogP) is 2.42. The molecular formula is C17H24N4O4. The van der Waals surface area contributed by atoms with Crippen molar-refractivity contribution in [3.8, 4) is 0 Å². The molecule has 136 valence electrons. The average molecular weight is 348 g/mol. The summed E-state index contributed by atoms with van der Waals surface area (Å²) >= 11 is 0. The zero-order valence-corrected chi connectivity index (χ0v) is 14.8. The van der Waals surface area contributed by atoms with E-state index in [-0.39, 0.29) is 18.0 Å². The minimum atomic E-state index is -0.210. The summed E-state index contributed by atoms with van der Waals surface area (Å²) in [5.74, 6) is 2.99. The van der Waals surface area contributed by atoms with Crippen LogP contribution in [0.3, 0.4) is 0 Å². The number of urea groups is 1. The number of hydrogen-bond donors (Lipinski definition) is 1. The standard InChI is InChI=1S/C17H24N4O4/c1-11(2)16-19-15(25-20-16)6-7-18-17(22)21-8-9-23-10-13(21)14-5-4-12(3)24-14/h4-5,11,13H,6-10H2,1-3H3,(H,18,22). The SMILES string of the molecule is Cc1ccc(C2COCCN2C(=O)NCCc2nc(C(C)C)no2)o1. The first-order valence-electron chi connectivity index (χ1n) is 8.55. The van der Waals surface area contributed by atoms with Crippen molar-refractivity contribution in [3.63, 3.8) is 0 Å². The van der Waals surface area contributed by atoms with E-state index in [9.17, 15) is 4.79 Å². The first-order chi connectivity index (χ1) is 12.0. The second kappa shape index (κ2) is 7.69. The number of morpholine rings is 1. The first-order valence-corrected chi connectivity index (χ1v) is 8.55.